The molecule has 110 valence electrons. The highest BCUT2D eigenvalue weighted by molar-refractivity contribution is 5.63. The van der Waals surface area contributed by atoms with Gasteiger partial charge in [0, 0.05) is 5.56 Å². The molecule has 1 heterocycles. The van der Waals surface area contributed by atoms with Gasteiger partial charge in [0.05, 0.1) is 7.11 Å². The number of methoxy groups -OCH3 is 1. The number of aromatic hydroxyl groups is 2. The van der Waals surface area contributed by atoms with Gasteiger partial charge in [-0.05, 0) is 36.6 Å². The van der Waals surface area contributed by atoms with E-state index < -0.39 is 0 Å². The SMILES string of the molecule is COc1c(CCc2cccc(O)c2)cc(O)c2c1OCO2. The number of ether oxygens (including phenoxy) is 3. The van der Waals surface area contributed by atoms with Gasteiger partial charge in [0.15, 0.2) is 11.5 Å². The fraction of sp³-hybridized carbons (Fsp3) is 0.250. The van der Waals surface area contributed by atoms with Crippen molar-refractivity contribution in [1.82, 2.24) is 0 Å². The van der Waals surface area contributed by atoms with Gasteiger partial charge in [-0.15, -0.1) is 0 Å². The second-order valence-electron chi connectivity index (χ2n) is 4.82. The Labute approximate surface area is 122 Å². The van der Waals surface area contributed by atoms with Crippen LogP contribution in [0.5, 0.6) is 28.7 Å². The molecule has 3 rings (SSSR count). The molecule has 1 aliphatic heterocycles. The van der Waals surface area contributed by atoms with Gasteiger partial charge >= 0.3 is 0 Å². The third-order valence-corrected chi connectivity index (χ3v) is 3.45. The largest absolute Gasteiger partial charge is 0.508 e. The first-order valence-corrected chi connectivity index (χ1v) is 6.65. The van der Waals surface area contributed by atoms with Gasteiger partial charge in [-0.25, -0.2) is 0 Å². The van der Waals surface area contributed by atoms with Crippen LogP contribution in [0.3, 0.4) is 0 Å². The molecule has 5 heteroatoms. The molecule has 2 N–H and O–H groups in total. The lowest BCUT2D eigenvalue weighted by atomic mass is 10.0. The van der Waals surface area contributed by atoms with Gasteiger partial charge < -0.3 is 24.4 Å². The lowest BCUT2D eigenvalue weighted by Crippen LogP contribution is -1.98. The first-order chi connectivity index (χ1) is 10.2. The van der Waals surface area contributed by atoms with E-state index in [4.69, 9.17) is 14.2 Å². The number of benzene rings is 2. The topological polar surface area (TPSA) is 68.2 Å². The summed E-state index contributed by atoms with van der Waals surface area (Å²) in [6, 6.07) is 8.74. The molecule has 0 unspecified atom stereocenters. The van der Waals surface area contributed by atoms with Crippen LogP contribution in [-0.2, 0) is 12.8 Å². The average Bonchev–Trinajstić information content (AvgIpc) is 2.95. The van der Waals surface area contributed by atoms with Crippen LogP contribution in [0.15, 0.2) is 30.3 Å². The number of phenols is 2. The van der Waals surface area contributed by atoms with E-state index in [2.05, 4.69) is 0 Å². The monoisotopic (exact) mass is 288 g/mol. The normalized spacial score (nSPS) is 12.4. The molecule has 1 aliphatic rings. The molecule has 21 heavy (non-hydrogen) atoms. The van der Waals surface area contributed by atoms with Gasteiger partial charge in [0.25, 0.3) is 0 Å². The number of fused-ring (bicyclic) bond motifs is 1. The van der Waals surface area contributed by atoms with Crippen molar-refractivity contribution in [2.45, 2.75) is 12.8 Å². The minimum Gasteiger partial charge on any atom is -0.508 e. The minimum absolute atomic E-state index is 0.0502. The van der Waals surface area contributed by atoms with Crippen molar-refractivity contribution in [3.8, 4) is 28.7 Å². The van der Waals surface area contributed by atoms with Crippen molar-refractivity contribution in [2.24, 2.45) is 0 Å². The molecule has 2 aromatic rings. The van der Waals surface area contributed by atoms with Crippen molar-refractivity contribution in [2.75, 3.05) is 13.9 Å². The Morgan fingerprint density at radius 2 is 1.90 bits per heavy atom. The summed E-state index contributed by atoms with van der Waals surface area (Å²) in [6.45, 7) is 0.0786. The van der Waals surface area contributed by atoms with Crippen LogP contribution < -0.4 is 14.2 Å². The molecular weight excluding hydrogens is 272 g/mol. The number of rotatable bonds is 4. The van der Waals surface area contributed by atoms with Crippen LogP contribution in [-0.4, -0.2) is 24.1 Å². The molecule has 2 aromatic carbocycles. The summed E-state index contributed by atoms with van der Waals surface area (Å²) in [4.78, 5) is 0. The zero-order valence-corrected chi connectivity index (χ0v) is 11.6. The standard InChI is InChI=1S/C16H16O5/c1-19-14-11(6-5-10-3-2-4-12(17)7-10)8-13(18)15-16(14)21-9-20-15/h2-4,7-8,17-18H,5-6,9H2,1H3. The Hall–Kier alpha value is -2.56. The smallest absolute Gasteiger partial charge is 0.231 e. The van der Waals surface area contributed by atoms with E-state index in [0.717, 1.165) is 11.1 Å². The third-order valence-electron chi connectivity index (χ3n) is 3.45. The summed E-state index contributed by atoms with van der Waals surface area (Å²) in [5.41, 5.74) is 1.84. The third kappa shape index (κ3) is 2.54. The molecule has 0 aromatic heterocycles. The zero-order chi connectivity index (χ0) is 14.8. The van der Waals surface area contributed by atoms with Gasteiger partial charge in [-0.3, -0.25) is 0 Å². The van der Waals surface area contributed by atoms with E-state index in [9.17, 15) is 10.2 Å². The number of hydrogen-bond acceptors (Lipinski definition) is 5. The summed E-state index contributed by atoms with van der Waals surface area (Å²) in [6.07, 6.45) is 1.36. The average molecular weight is 288 g/mol. The first kappa shape index (κ1) is 13.4. The molecule has 0 fully saturated rings. The van der Waals surface area contributed by atoms with E-state index in [-0.39, 0.29) is 18.3 Å². The second kappa shape index (κ2) is 5.44. The second-order valence-corrected chi connectivity index (χ2v) is 4.82. The fourth-order valence-electron chi connectivity index (χ4n) is 2.48. The van der Waals surface area contributed by atoms with Crippen LogP contribution in [0.2, 0.25) is 0 Å². The molecule has 0 atom stereocenters. The Kier molecular flexibility index (Phi) is 3.48. The summed E-state index contributed by atoms with van der Waals surface area (Å²) in [5, 5.41) is 19.5. The highest BCUT2D eigenvalue weighted by Gasteiger charge is 2.25. The molecule has 0 saturated carbocycles. The van der Waals surface area contributed by atoms with Gasteiger partial charge in [-0.2, -0.15) is 0 Å². The van der Waals surface area contributed by atoms with Crippen LogP contribution in [0.4, 0.5) is 0 Å². The molecule has 5 nitrogen and oxygen atoms in total. The van der Waals surface area contributed by atoms with Crippen molar-refractivity contribution >= 4 is 0 Å². The lowest BCUT2D eigenvalue weighted by Gasteiger charge is -2.12. The van der Waals surface area contributed by atoms with Gasteiger partial charge in [-0.1, -0.05) is 12.1 Å². The van der Waals surface area contributed by atoms with Crippen LogP contribution >= 0.6 is 0 Å². The number of phenolic OH excluding ortho intramolecular Hbond substituents is 2. The molecule has 0 aliphatic carbocycles. The van der Waals surface area contributed by atoms with Crippen molar-refractivity contribution in [3.63, 3.8) is 0 Å². The number of aryl methyl sites for hydroxylation is 2. The molecule has 0 amide bonds. The summed E-state index contributed by atoms with van der Waals surface area (Å²) in [7, 11) is 1.56. The van der Waals surface area contributed by atoms with Crippen molar-refractivity contribution in [1.29, 1.82) is 0 Å². The quantitative estimate of drug-likeness (QED) is 0.905. The van der Waals surface area contributed by atoms with Crippen LogP contribution in [0.1, 0.15) is 11.1 Å². The Balaban J connectivity index is 1.87. The molecule has 0 radical (unpaired) electrons. The molecular formula is C16H16O5. The Morgan fingerprint density at radius 3 is 2.67 bits per heavy atom. The fourth-order valence-corrected chi connectivity index (χ4v) is 2.48. The van der Waals surface area contributed by atoms with Crippen LogP contribution in [0, 0.1) is 0 Å². The Bertz CT molecular complexity index is 666. The lowest BCUT2D eigenvalue weighted by molar-refractivity contribution is 0.169. The predicted molar refractivity (Wildman–Crippen MR) is 76.3 cm³/mol. The maximum atomic E-state index is 9.97. The van der Waals surface area contributed by atoms with Gasteiger partial charge in [0.2, 0.25) is 18.3 Å². The van der Waals surface area contributed by atoms with E-state index >= 15 is 0 Å². The highest BCUT2D eigenvalue weighted by atomic mass is 16.7. The molecule has 0 spiro atoms. The first-order valence-electron chi connectivity index (χ1n) is 6.65. The molecule has 0 saturated heterocycles. The van der Waals surface area contributed by atoms with Gasteiger partial charge in [0.1, 0.15) is 5.75 Å². The number of hydrogen-bond donors (Lipinski definition) is 2. The van der Waals surface area contributed by atoms with E-state index in [1.54, 1.807) is 31.4 Å². The van der Waals surface area contributed by atoms with Crippen molar-refractivity contribution < 1.29 is 24.4 Å². The minimum atomic E-state index is 0.0502. The maximum Gasteiger partial charge on any atom is 0.231 e. The van der Waals surface area contributed by atoms with Crippen LogP contribution in [0.25, 0.3) is 0 Å². The molecule has 0 bridgehead atoms. The van der Waals surface area contributed by atoms with E-state index in [1.165, 1.54) is 0 Å². The zero-order valence-electron chi connectivity index (χ0n) is 11.6. The van der Waals surface area contributed by atoms with E-state index in [0.29, 0.717) is 30.1 Å². The summed E-state index contributed by atoms with van der Waals surface area (Å²) >= 11 is 0. The predicted octanol–water partition coefficient (Wildman–Crippen LogP) is 2.62. The summed E-state index contributed by atoms with van der Waals surface area (Å²) in [5.74, 6) is 1.65. The Morgan fingerprint density at radius 1 is 1.10 bits per heavy atom. The van der Waals surface area contributed by atoms with E-state index in [1.807, 2.05) is 6.07 Å². The maximum absolute atomic E-state index is 9.97. The highest BCUT2D eigenvalue weighted by Crippen LogP contribution is 2.49. The summed E-state index contributed by atoms with van der Waals surface area (Å²) < 4.78 is 16.0. The van der Waals surface area contributed by atoms with Crippen molar-refractivity contribution in [3.05, 3.63) is 41.5 Å².